The Hall–Kier alpha value is -4.91. The molecule has 190 valence electrons. The topological polar surface area (TPSA) is 84.9 Å². The minimum atomic E-state index is -0.703. The minimum Gasteiger partial charge on any atom is -0.497 e. The fourth-order valence-corrected chi connectivity index (χ4v) is 4.78. The van der Waals surface area contributed by atoms with Gasteiger partial charge in [0.25, 0.3) is 11.8 Å². The molecule has 0 bridgehead atoms. The molecule has 38 heavy (non-hydrogen) atoms. The second kappa shape index (κ2) is 9.86. The zero-order valence-electron chi connectivity index (χ0n) is 21.5. The number of benzene rings is 4. The predicted octanol–water partition coefficient (Wildman–Crippen LogP) is 6.31. The molecule has 0 spiro atoms. The lowest BCUT2D eigenvalue weighted by Gasteiger charge is -2.20. The summed E-state index contributed by atoms with van der Waals surface area (Å²) >= 11 is 0. The fraction of sp³-hybridized carbons (Fsp3) is 0.129. The van der Waals surface area contributed by atoms with Gasteiger partial charge in [-0.15, -0.1) is 0 Å². The summed E-state index contributed by atoms with van der Waals surface area (Å²) in [4.78, 5) is 41.9. The highest BCUT2D eigenvalue weighted by atomic mass is 16.5. The molecule has 0 aromatic heterocycles. The Morgan fingerprint density at radius 2 is 1.39 bits per heavy atom. The molecule has 0 saturated carbocycles. The third-order valence-electron chi connectivity index (χ3n) is 6.71. The Labute approximate surface area is 220 Å². The summed E-state index contributed by atoms with van der Waals surface area (Å²) in [6.07, 6.45) is 0. The van der Waals surface area contributed by atoms with Crippen LogP contribution in [0.2, 0.25) is 0 Å². The van der Waals surface area contributed by atoms with Crippen LogP contribution in [-0.2, 0) is 4.74 Å². The smallest absolute Gasteiger partial charge is 0.338 e. The third kappa shape index (κ3) is 4.08. The van der Waals surface area contributed by atoms with Gasteiger partial charge in [0.1, 0.15) is 5.75 Å². The van der Waals surface area contributed by atoms with Crippen LogP contribution < -0.4 is 15.0 Å². The molecule has 7 heteroatoms. The van der Waals surface area contributed by atoms with Crippen molar-refractivity contribution < 1.29 is 23.9 Å². The molecular weight excluding hydrogens is 480 g/mol. The number of para-hydroxylation sites is 2. The monoisotopic (exact) mass is 506 g/mol. The van der Waals surface area contributed by atoms with Crippen LogP contribution >= 0.6 is 0 Å². The highest BCUT2D eigenvalue weighted by Crippen LogP contribution is 2.43. The van der Waals surface area contributed by atoms with Gasteiger partial charge < -0.3 is 14.8 Å². The zero-order chi connectivity index (χ0) is 27.0. The van der Waals surface area contributed by atoms with Crippen LogP contribution in [0.25, 0.3) is 11.1 Å². The van der Waals surface area contributed by atoms with Gasteiger partial charge in [0.2, 0.25) is 0 Å². The Morgan fingerprint density at radius 1 is 0.763 bits per heavy atom. The van der Waals surface area contributed by atoms with Gasteiger partial charge in [0.05, 0.1) is 42.3 Å². The van der Waals surface area contributed by atoms with Crippen molar-refractivity contribution in [1.82, 2.24) is 0 Å². The second-order valence-corrected chi connectivity index (χ2v) is 8.99. The Balaban J connectivity index is 1.83. The van der Waals surface area contributed by atoms with Gasteiger partial charge >= 0.3 is 5.97 Å². The average Bonchev–Trinajstić information content (AvgIpc) is 3.20. The lowest BCUT2D eigenvalue weighted by Crippen LogP contribution is -2.29. The Bertz CT molecular complexity index is 1560. The van der Waals surface area contributed by atoms with E-state index < -0.39 is 17.8 Å². The lowest BCUT2D eigenvalue weighted by molar-refractivity contribution is 0.0597. The van der Waals surface area contributed by atoms with Crippen LogP contribution in [-0.4, -0.2) is 32.0 Å². The largest absolute Gasteiger partial charge is 0.497 e. The van der Waals surface area contributed by atoms with E-state index >= 15 is 0 Å². The maximum atomic E-state index is 14.0. The van der Waals surface area contributed by atoms with Crippen LogP contribution in [0.1, 0.15) is 42.2 Å². The number of amides is 2. The molecule has 0 saturated heterocycles. The number of imide groups is 1. The van der Waals surface area contributed by atoms with E-state index in [4.69, 9.17) is 9.47 Å². The molecule has 1 aliphatic rings. The number of nitrogens with one attached hydrogen (secondary N) is 1. The molecule has 2 amide bonds. The molecule has 5 rings (SSSR count). The van der Waals surface area contributed by atoms with Crippen molar-refractivity contribution in [3.63, 3.8) is 0 Å². The normalized spacial score (nSPS) is 12.4. The molecule has 0 radical (unpaired) electrons. The molecule has 7 nitrogen and oxygen atoms in total. The van der Waals surface area contributed by atoms with Crippen molar-refractivity contribution in [3.8, 4) is 16.9 Å². The first-order valence-corrected chi connectivity index (χ1v) is 12.1. The summed E-state index contributed by atoms with van der Waals surface area (Å²) < 4.78 is 10.4. The van der Waals surface area contributed by atoms with E-state index in [1.54, 1.807) is 55.6 Å². The summed E-state index contributed by atoms with van der Waals surface area (Å²) in [5.74, 6) is -1.15. The van der Waals surface area contributed by atoms with Gasteiger partial charge in [0.15, 0.2) is 0 Å². The van der Waals surface area contributed by atoms with Crippen molar-refractivity contribution in [3.05, 3.63) is 107 Å². The maximum absolute atomic E-state index is 14.0. The average molecular weight is 507 g/mol. The summed E-state index contributed by atoms with van der Waals surface area (Å²) in [5.41, 5.74) is 5.06. The van der Waals surface area contributed by atoms with E-state index in [2.05, 4.69) is 5.32 Å². The highest BCUT2D eigenvalue weighted by Gasteiger charge is 2.43. The van der Waals surface area contributed by atoms with E-state index in [9.17, 15) is 14.4 Å². The quantitative estimate of drug-likeness (QED) is 0.244. The maximum Gasteiger partial charge on any atom is 0.338 e. The van der Waals surface area contributed by atoms with Gasteiger partial charge in [-0.2, -0.15) is 0 Å². The predicted molar refractivity (Wildman–Crippen MR) is 147 cm³/mol. The number of hydrogen-bond donors (Lipinski definition) is 1. The number of hydrogen-bond acceptors (Lipinski definition) is 6. The van der Waals surface area contributed by atoms with Crippen LogP contribution in [0.4, 0.5) is 17.1 Å². The molecule has 4 aromatic rings. The van der Waals surface area contributed by atoms with Gasteiger partial charge in [-0.3, -0.25) is 9.59 Å². The van der Waals surface area contributed by atoms with Crippen LogP contribution in [0.15, 0.2) is 78.9 Å². The molecule has 4 aromatic carbocycles. The highest BCUT2D eigenvalue weighted by molar-refractivity contribution is 6.38. The van der Waals surface area contributed by atoms with Crippen molar-refractivity contribution in [2.45, 2.75) is 13.8 Å². The Kier molecular flexibility index (Phi) is 6.43. The number of nitrogens with zero attached hydrogens (tertiary/aromatic N) is 1. The lowest BCUT2D eigenvalue weighted by atomic mass is 9.92. The molecule has 1 aliphatic heterocycles. The summed E-state index contributed by atoms with van der Waals surface area (Å²) in [6, 6.07) is 23.4. The Morgan fingerprint density at radius 3 is 2.00 bits per heavy atom. The first kappa shape index (κ1) is 24.8. The molecule has 0 atom stereocenters. The number of esters is 1. The molecule has 1 heterocycles. The van der Waals surface area contributed by atoms with Crippen LogP contribution in [0.3, 0.4) is 0 Å². The van der Waals surface area contributed by atoms with E-state index in [0.717, 1.165) is 27.3 Å². The first-order chi connectivity index (χ1) is 18.3. The van der Waals surface area contributed by atoms with E-state index in [0.29, 0.717) is 22.7 Å². The number of rotatable bonds is 6. The van der Waals surface area contributed by atoms with Crippen molar-refractivity contribution in [1.29, 1.82) is 0 Å². The molecule has 1 N–H and O–H groups in total. The standard InChI is InChI=1S/C31H26N2O5/c1-18-9-8-10-19(2)27(18)32-28-23(20-13-15-22(37-3)16-14-20)17-24(31(36)38-4)25-26(28)30(35)33(29(25)34)21-11-6-5-7-12-21/h5-17,32H,1-4H3. The number of anilines is 3. The second-order valence-electron chi connectivity index (χ2n) is 8.99. The first-order valence-electron chi connectivity index (χ1n) is 12.1. The summed E-state index contributed by atoms with van der Waals surface area (Å²) in [7, 11) is 2.83. The molecule has 0 fully saturated rings. The SMILES string of the molecule is COC(=O)c1cc(-c2ccc(OC)cc2)c(Nc2c(C)cccc2C)c2c1C(=O)N(c1ccccc1)C2=O. The van der Waals surface area contributed by atoms with Crippen LogP contribution in [0, 0.1) is 13.8 Å². The number of carbonyl (C=O) groups excluding carboxylic acids is 3. The number of ether oxygens (including phenoxy) is 2. The van der Waals surface area contributed by atoms with Gasteiger partial charge in [-0.1, -0.05) is 48.5 Å². The summed E-state index contributed by atoms with van der Waals surface area (Å²) in [6.45, 7) is 3.93. The van der Waals surface area contributed by atoms with Gasteiger partial charge in [0, 0.05) is 11.3 Å². The zero-order valence-corrected chi connectivity index (χ0v) is 21.5. The molecule has 0 aliphatic carbocycles. The number of methoxy groups -OCH3 is 2. The van der Waals surface area contributed by atoms with E-state index in [-0.39, 0.29) is 16.7 Å². The van der Waals surface area contributed by atoms with Crippen molar-refractivity contribution in [2.24, 2.45) is 0 Å². The minimum absolute atomic E-state index is 0.0108. The van der Waals surface area contributed by atoms with Gasteiger partial charge in [-0.05, 0) is 60.9 Å². The third-order valence-corrected chi connectivity index (χ3v) is 6.71. The van der Waals surface area contributed by atoms with Crippen molar-refractivity contribution in [2.75, 3.05) is 24.4 Å². The number of carbonyl (C=O) groups is 3. The molecular formula is C31H26N2O5. The van der Waals surface area contributed by atoms with Crippen LogP contribution in [0.5, 0.6) is 5.75 Å². The van der Waals surface area contributed by atoms with E-state index in [1.165, 1.54) is 7.11 Å². The van der Waals surface area contributed by atoms with Crippen molar-refractivity contribution >= 4 is 34.8 Å². The summed E-state index contributed by atoms with van der Waals surface area (Å²) in [5, 5.41) is 3.46. The fourth-order valence-electron chi connectivity index (χ4n) is 4.78. The number of fused-ring (bicyclic) bond motifs is 1. The number of aryl methyl sites for hydroxylation is 2. The van der Waals surface area contributed by atoms with E-state index in [1.807, 2.05) is 44.2 Å². The molecule has 0 unspecified atom stereocenters. The van der Waals surface area contributed by atoms with Gasteiger partial charge in [-0.25, -0.2) is 9.69 Å².